The molecule has 1 heterocycles. The third-order valence-electron chi connectivity index (χ3n) is 2.99. The number of aromatic carboxylic acids is 1. The van der Waals surface area contributed by atoms with Crippen LogP contribution in [-0.2, 0) is 6.54 Å². The third kappa shape index (κ3) is 2.50. The molecule has 0 fully saturated rings. The molecule has 104 valence electrons. The average Bonchev–Trinajstić information content (AvgIpc) is 2.72. The smallest absolute Gasteiger partial charge is 0.352 e. The molecular weight excluding hydrogens is 284 g/mol. The molecular formula is C13H11ClN2O4. The van der Waals surface area contributed by atoms with Crippen LogP contribution in [0.4, 0.5) is 5.69 Å². The lowest BCUT2D eigenvalue weighted by atomic mass is 10.1. The van der Waals surface area contributed by atoms with Crippen LogP contribution in [0.2, 0.25) is 5.02 Å². The topological polar surface area (TPSA) is 85.4 Å². The molecule has 0 saturated carbocycles. The number of nitro benzene ring substituents is 1. The Morgan fingerprint density at radius 2 is 2.15 bits per heavy atom. The van der Waals surface area contributed by atoms with Gasteiger partial charge in [0.15, 0.2) is 0 Å². The molecule has 1 aromatic carbocycles. The van der Waals surface area contributed by atoms with Crippen LogP contribution in [0, 0.1) is 17.0 Å². The Hall–Kier alpha value is -2.34. The average molecular weight is 295 g/mol. The molecule has 0 aliphatic rings. The molecule has 0 unspecified atom stereocenters. The van der Waals surface area contributed by atoms with Gasteiger partial charge >= 0.3 is 5.97 Å². The molecule has 0 aliphatic heterocycles. The maximum Gasteiger partial charge on any atom is 0.352 e. The summed E-state index contributed by atoms with van der Waals surface area (Å²) in [6, 6.07) is 6.02. The second-order valence-electron chi connectivity index (χ2n) is 4.28. The second kappa shape index (κ2) is 5.34. The number of nitro groups is 1. The number of benzene rings is 1. The van der Waals surface area contributed by atoms with Crippen molar-refractivity contribution in [2.75, 3.05) is 0 Å². The highest BCUT2D eigenvalue weighted by atomic mass is 35.5. The molecule has 0 saturated heterocycles. The number of hydrogen-bond acceptors (Lipinski definition) is 3. The van der Waals surface area contributed by atoms with E-state index in [1.54, 1.807) is 25.3 Å². The fourth-order valence-corrected chi connectivity index (χ4v) is 2.28. The molecule has 6 nitrogen and oxygen atoms in total. The van der Waals surface area contributed by atoms with Gasteiger partial charge in [0, 0.05) is 12.3 Å². The summed E-state index contributed by atoms with van der Waals surface area (Å²) in [7, 11) is 0. The highest BCUT2D eigenvalue weighted by Crippen LogP contribution is 2.28. The van der Waals surface area contributed by atoms with Gasteiger partial charge in [-0.1, -0.05) is 17.7 Å². The normalized spacial score (nSPS) is 10.5. The van der Waals surface area contributed by atoms with Crippen molar-refractivity contribution >= 4 is 23.3 Å². The van der Waals surface area contributed by atoms with Gasteiger partial charge in [-0.2, -0.15) is 0 Å². The summed E-state index contributed by atoms with van der Waals surface area (Å²) in [5, 5.41) is 20.4. The Bertz CT molecular complexity index is 694. The van der Waals surface area contributed by atoms with E-state index in [1.165, 1.54) is 16.7 Å². The van der Waals surface area contributed by atoms with Crippen molar-refractivity contribution < 1.29 is 14.8 Å². The number of hydrogen-bond donors (Lipinski definition) is 1. The van der Waals surface area contributed by atoms with Gasteiger partial charge in [0.05, 0.1) is 22.1 Å². The summed E-state index contributed by atoms with van der Waals surface area (Å²) < 4.78 is 1.44. The third-order valence-corrected chi connectivity index (χ3v) is 3.34. The zero-order valence-electron chi connectivity index (χ0n) is 10.5. The van der Waals surface area contributed by atoms with E-state index in [1.807, 2.05) is 0 Å². The second-order valence-corrected chi connectivity index (χ2v) is 4.68. The molecule has 1 aromatic heterocycles. The van der Waals surface area contributed by atoms with Crippen molar-refractivity contribution in [3.8, 4) is 0 Å². The predicted molar refractivity (Wildman–Crippen MR) is 73.3 cm³/mol. The maximum atomic E-state index is 11.2. The first-order chi connectivity index (χ1) is 9.41. The van der Waals surface area contributed by atoms with Crippen LogP contribution in [0.3, 0.4) is 0 Å². The van der Waals surface area contributed by atoms with Gasteiger partial charge in [0.1, 0.15) is 5.69 Å². The first-order valence-electron chi connectivity index (χ1n) is 5.72. The van der Waals surface area contributed by atoms with Crippen molar-refractivity contribution in [3.05, 3.63) is 62.4 Å². The van der Waals surface area contributed by atoms with Crippen molar-refractivity contribution in [2.45, 2.75) is 13.5 Å². The van der Waals surface area contributed by atoms with Crippen LogP contribution in [0.15, 0.2) is 30.5 Å². The summed E-state index contributed by atoms with van der Waals surface area (Å²) in [6.07, 6.45) is 1.58. The number of halogens is 1. The van der Waals surface area contributed by atoms with E-state index in [2.05, 4.69) is 0 Å². The highest BCUT2D eigenvalue weighted by molar-refractivity contribution is 6.31. The molecule has 0 amide bonds. The number of carboxylic acid groups (broad SMARTS) is 1. The quantitative estimate of drug-likeness (QED) is 0.693. The van der Waals surface area contributed by atoms with E-state index in [0.717, 1.165) is 0 Å². The van der Waals surface area contributed by atoms with Gasteiger partial charge < -0.3 is 9.67 Å². The summed E-state index contributed by atoms with van der Waals surface area (Å²) in [6.45, 7) is 1.70. The fraction of sp³-hybridized carbons (Fsp3) is 0.154. The molecule has 7 heteroatoms. The van der Waals surface area contributed by atoms with Crippen molar-refractivity contribution in [2.24, 2.45) is 0 Å². The number of carboxylic acids is 1. The number of aryl methyl sites for hydroxylation is 1. The minimum Gasteiger partial charge on any atom is -0.477 e. The molecule has 20 heavy (non-hydrogen) atoms. The SMILES string of the molecule is Cc1ccn(Cc2c(Cl)cccc2[N+](=O)[O-])c1C(=O)O. The van der Waals surface area contributed by atoms with Gasteiger partial charge in [-0.05, 0) is 24.6 Å². The standard InChI is InChI=1S/C13H11ClN2O4/c1-8-5-6-15(12(8)13(17)18)7-9-10(14)3-2-4-11(9)16(19)20/h2-6H,7H2,1H3,(H,17,18). The zero-order chi connectivity index (χ0) is 14.9. The van der Waals surface area contributed by atoms with E-state index < -0.39 is 10.9 Å². The van der Waals surface area contributed by atoms with Crippen LogP contribution in [-0.4, -0.2) is 20.6 Å². The number of nitrogens with zero attached hydrogens (tertiary/aromatic N) is 2. The minimum atomic E-state index is -1.08. The van der Waals surface area contributed by atoms with Crippen LogP contribution >= 0.6 is 11.6 Å². The van der Waals surface area contributed by atoms with Crippen molar-refractivity contribution in [1.82, 2.24) is 4.57 Å². The zero-order valence-corrected chi connectivity index (χ0v) is 11.3. The van der Waals surface area contributed by atoms with Crippen LogP contribution < -0.4 is 0 Å². The molecule has 1 N–H and O–H groups in total. The number of aromatic nitrogens is 1. The summed E-state index contributed by atoms with van der Waals surface area (Å²) in [5.74, 6) is -1.08. The van der Waals surface area contributed by atoms with Crippen molar-refractivity contribution in [1.29, 1.82) is 0 Å². The van der Waals surface area contributed by atoms with E-state index in [4.69, 9.17) is 11.6 Å². The lowest BCUT2D eigenvalue weighted by Gasteiger charge is -2.09. The largest absolute Gasteiger partial charge is 0.477 e. The van der Waals surface area contributed by atoms with E-state index in [-0.39, 0.29) is 28.5 Å². The predicted octanol–water partition coefficient (Wildman–Crippen LogP) is 3.10. The van der Waals surface area contributed by atoms with Crippen LogP contribution in [0.25, 0.3) is 0 Å². The first kappa shape index (κ1) is 14.1. The molecule has 0 atom stereocenters. The van der Waals surface area contributed by atoms with Gasteiger partial charge in [-0.3, -0.25) is 10.1 Å². The lowest BCUT2D eigenvalue weighted by molar-refractivity contribution is -0.385. The molecule has 2 rings (SSSR count). The number of carbonyl (C=O) groups is 1. The van der Waals surface area contributed by atoms with Crippen LogP contribution in [0.1, 0.15) is 21.6 Å². The van der Waals surface area contributed by atoms with Crippen molar-refractivity contribution in [3.63, 3.8) is 0 Å². The Morgan fingerprint density at radius 1 is 1.45 bits per heavy atom. The lowest BCUT2D eigenvalue weighted by Crippen LogP contribution is -2.11. The maximum absolute atomic E-state index is 11.2. The Balaban J connectivity index is 2.51. The highest BCUT2D eigenvalue weighted by Gasteiger charge is 2.20. The van der Waals surface area contributed by atoms with Gasteiger partial charge in [-0.25, -0.2) is 4.79 Å². The molecule has 0 aliphatic carbocycles. The first-order valence-corrected chi connectivity index (χ1v) is 6.10. The molecule has 0 bridgehead atoms. The molecule has 0 spiro atoms. The number of rotatable bonds is 4. The van der Waals surface area contributed by atoms with Gasteiger partial charge in [0.25, 0.3) is 5.69 Å². The minimum absolute atomic E-state index is 0.0332. The monoisotopic (exact) mass is 294 g/mol. The summed E-state index contributed by atoms with van der Waals surface area (Å²) >= 11 is 6.00. The van der Waals surface area contributed by atoms with Crippen LogP contribution in [0.5, 0.6) is 0 Å². The van der Waals surface area contributed by atoms with E-state index in [0.29, 0.717) is 5.56 Å². The van der Waals surface area contributed by atoms with Gasteiger partial charge in [-0.15, -0.1) is 0 Å². The van der Waals surface area contributed by atoms with E-state index in [9.17, 15) is 20.0 Å². The fourth-order valence-electron chi connectivity index (χ4n) is 2.05. The summed E-state index contributed by atoms with van der Waals surface area (Å²) in [5.41, 5.74) is 0.851. The van der Waals surface area contributed by atoms with E-state index >= 15 is 0 Å². The Kier molecular flexibility index (Phi) is 3.76. The molecule has 2 aromatic rings. The Labute approximate surface area is 119 Å². The molecule has 0 radical (unpaired) electrons. The Morgan fingerprint density at radius 3 is 2.75 bits per heavy atom. The van der Waals surface area contributed by atoms with Gasteiger partial charge in [0.2, 0.25) is 0 Å². The summed E-state index contributed by atoms with van der Waals surface area (Å²) in [4.78, 5) is 21.7.